The van der Waals surface area contributed by atoms with Gasteiger partial charge in [0.25, 0.3) is 0 Å². The van der Waals surface area contributed by atoms with Gasteiger partial charge in [0.05, 0.1) is 12.1 Å². The number of thiophene rings is 1. The van der Waals surface area contributed by atoms with Gasteiger partial charge in [-0.3, -0.25) is 4.90 Å². The summed E-state index contributed by atoms with van der Waals surface area (Å²) in [6.07, 6.45) is 1.04. The van der Waals surface area contributed by atoms with Crippen LogP contribution in [-0.2, 0) is 13.0 Å². The average molecular weight is 372 g/mol. The molecule has 2 N–H and O–H groups in total. The molecule has 2 atom stereocenters. The predicted molar refractivity (Wildman–Crippen MR) is 103 cm³/mol. The fourth-order valence-electron chi connectivity index (χ4n) is 3.93. The Balaban J connectivity index is 1.35. The van der Waals surface area contributed by atoms with Gasteiger partial charge in [-0.1, -0.05) is 30.3 Å². The Morgan fingerprint density at radius 2 is 2.04 bits per heavy atom. The molecule has 1 saturated heterocycles. The first-order valence-electron chi connectivity index (χ1n) is 9.27. The number of rotatable bonds is 3. The second-order valence-corrected chi connectivity index (χ2v) is 8.13. The molecular weight excluding hydrogens is 346 g/mol. The Kier molecular flexibility index (Phi) is 5.24. The summed E-state index contributed by atoms with van der Waals surface area (Å²) in [7, 11) is 0. The molecule has 5 nitrogen and oxygen atoms in total. The van der Waals surface area contributed by atoms with Crippen molar-refractivity contribution in [2.45, 2.75) is 31.5 Å². The van der Waals surface area contributed by atoms with Crippen molar-refractivity contribution < 1.29 is 9.90 Å². The second kappa shape index (κ2) is 7.78. The molecule has 1 fully saturated rings. The molecule has 4 rings (SSSR count). The van der Waals surface area contributed by atoms with E-state index in [-0.39, 0.29) is 12.1 Å². The maximum absolute atomic E-state index is 12.8. The van der Waals surface area contributed by atoms with E-state index in [0.29, 0.717) is 6.42 Å². The number of hydrogen-bond acceptors (Lipinski definition) is 4. The van der Waals surface area contributed by atoms with Crippen LogP contribution in [-0.4, -0.2) is 53.2 Å². The smallest absolute Gasteiger partial charge is 0.318 e. The van der Waals surface area contributed by atoms with Crippen LogP contribution in [0.25, 0.3) is 0 Å². The van der Waals surface area contributed by atoms with Crippen molar-refractivity contribution in [3.05, 3.63) is 57.8 Å². The number of benzene rings is 1. The number of amides is 2. The summed E-state index contributed by atoms with van der Waals surface area (Å²) in [5.41, 5.74) is 2.17. The van der Waals surface area contributed by atoms with Crippen molar-refractivity contribution in [1.82, 2.24) is 15.1 Å². The van der Waals surface area contributed by atoms with Crippen molar-refractivity contribution >= 4 is 17.4 Å². The molecule has 138 valence electrons. The van der Waals surface area contributed by atoms with E-state index in [0.717, 1.165) is 50.3 Å². The Morgan fingerprint density at radius 3 is 2.88 bits per heavy atom. The fourth-order valence-corrected chi connectivity index (χ4v) is 4.67. The number of aliphatic hydroxyl groups excluding tert-OH is 1. The molecule has 1 aromatic carbocycles. The van der Waals surface area contributed by atoms with Crippen LogP contribution in [0.2, 0.25) is 0 Å². The van der Waals surface area contributed by atoms with Gasteiger partial charge < -0.3 is 15.3 Å². The zero-order valence-corrected chi connectivity index (χ0v) is 15.6. The maximum atomic E-state index is 12.8. The molecule has 26 heavy (non-hydrogen) atoms. The van der Waals surface area contributed by atoms with Crippen molar-refractivity contribution in [2.75, 3.05) is 26.2 Å². The van der Waals surface area contributed by atoms with Gasteiger partial charge >= 0.3 is 6.03 Å². The van der Waals surface area contributed by atoms with Crippen molar-refractivity contribution in [2.24, 2.45) is 0 Å². The summed E-state index contributed by atoms with van der Waals surface area (Å²) in [5.74, 6) is 0. The lowest BCUT2D eigenvalue weighted by atomic mass is 10.1. The van der Waals surface area contributed by atoms with Gasteiger partial charge in [0.2, 0.25) is 0 Å². The van der Waals surface area contributed by atoms with Crippen molar-refractivity contribution in [3.63, 3.8) is 0 Å². The summed E-state index contributed by atoms with van der Waals surface area (Å²) in [4.78, 5) is 18.4. The van der Waals surface area contributed by atoms with E-state index in [4.69, 9.17) is 0 Å². The van der Waals surface area contributed by atoms with Crippen LogP contribution in [0, 0.1) is 0 Å². The van der Waals surface area contributed by atoms with Crippen molar-refractivity contribution in [3.8, 4) is 0 Å². The van der Waals surface area contributed by atoms with E-state index in [9.17, 15) is 9.90 Å². The zero-order chi connectivity index (χ0) is 17.9. The lowest BCUT2D eigenvalue weighted by molar-refractivity contribution is 0.134. The normalized spacial score (nSPS) is 23.5. The highest BCUT2D eigenvalue weighted by molar-refractivity contribution is 7.09. The number of carbonyl (C=O) groups excluding carboxylic acids is 1. The molecule has 0 bridgehead atoms. The van der Waals surface area contributed by atoms with E-state index in [1.165, 1.54) is 4.88 Å². The highest BCUT2D eigenvalue weighted by Crippen LogP contribution is 2.31. The third-order valence-corrected chi connectivity index (χ3v) is 6.18. The van der Waals surface area contributed by atoms with Gasteiger partial charge in [-0.2, -0.15) is 0 Å². The molecule has 2 amide bonds. The molecule has 2 aliphatic rings. The number of fused-ring (bicyclic) bond motifs is 1. The maximum Gasteiger partial charge on any atom is 0.318 e. The lowest BCUT2D eigenvalue weighted by Gasteiger charge is -2.25. The molecular formula is C20H25N3O2S. The number of nitrogens with zero attached hydrogens (tertiary/aromatic N) is 2. The number of nitrogens with one attached hydrogen (secondary N) is 1. The first kappa shape index (κ1) is 17.5. The Hall–Kier alpha value is -1.89. The quantitative estimate of drug-likeness (QED) is 0.872. The Morgan fingerprint density at radius 1 is 1.15 bits per heavy atom. The topological polar surface area (TPSA) is 55.8 Å². The van der Waals surface area contributed by atoms with E-state index in [1.54, 1.807) is 11.3 Å². The van der Waals surface area contributed by atoms with Gasteiger partial charge in [-0.15, -0.1) is 11.3 Å². The minimum absolute atomic E-state index is 0.0660. The van der Waals surface area contributed by atoms with Gasteiger partial charge in [0.1, 0.15) is 0 Å². The molecule has 0 spiro atoms. The van der Waals surface area contributed by atoms with Gasteiger partial charge in [0.15, 0.2) is 0 Å². The SMILES string of the molecule is O=C(N[C@H]1c2ccccc2C[C@@H]1O)N1CCCN(Cc2cccs2)CC1. The van der Waals surface area contributed by atoms with Crippen LogP contribution in [0.1, 0.15) is 28.5 Å². The van der Waals surface area contributed by atoms with Gasteiger partial charge in [0, 0.05) is 44.0 Å². The molecule has 0 unspecified atom stereocenters. The average Bonchev–Trinajstić information content (AvgIpc) is 3.17. The molecule has 1 aliphatic heterocycles. The summed E-state index contributed by atoms with van der Waals surface area (Å²) in [6, 6.07) is 11.9. The zero-order valence-electron chi connectivity index (χ0n) is 14.8. The van der Waals surface area contributed by atoms with Crippen molar-refractivity contribution in [1.29, 1.82) is 0 Å². The largest absolute Gasteiger partial charge is 0.390 e. The van der Waals surface area contributed by atoms with E-state index < -0.39 is 6.10 Å². The first-order valence-corrected chi connectivity index (χ1v) is 10.1. The van der Waals surface area contributed by atoms with Crippen LogP contribution >= 0.6 is 11.3 Å². The monoisotopic (exact) mass is 371 g/mol. The summed E-state index contributed by atoms with van der Waals surface area (Å²) >= 11 is 1.78. The Labute approximate surface area is 158 Å². The van der Waals surface area contributed by atoms with E-state index in [2.05, 4.69) is 27.7 Å². The molecule has 1 aliphatic carbocycles. The van der Waals surface area contributed by atoms with Crippen LogP contribution in [0.3, 0.4) is 0 Å². The fraction of sp³-hybridized carbons (Fsp3) is 0.450. The molecule has 1 aromatic heterocycles. The lowest BCUT2D eigenvalue weighted by Crippen LogP contribution is -2.45. The number of aliphatic hydroxyl groups is 1. The summed E-state index contributed by atoms with van der Waals surface area (Å²) in [6.45, 7) is 4.34. The van der Waals surface area contributed by atoms with Gasteiger partial charge in [-0.25, -0.2) is 4.79 Å². The molecule has 6 heteroatoms. The van der Waals surface area contributed by atoms with Crippen LogP contribution in [0.4, 0.5) is 4.79 Å². The molecule has 0 saturated carbocycles. The number of urea groups is 1. The third-order valence-electron chi connectivity index (χ3n) is 5.32. The van der Waals surface area contributed by atoms with Crippen LogP contribution in [0.5, 0.6) is 0 Å². The Bertz CT molecular complexity index is 749. The highest BCUT2D eigenvalue weighted by atomic mass is 32.1. The second-order valence-electron chi connectivity index (χ2n) is 7.09. The standard InChI is InChI=1S/C20H25N3O2S/c24-18-13-15-5-1-2-7-17(15)19(18)21-20(25)23-9-4-8-22(10-11-23)14-16-6-3-12-26-16/h1-3,5-7,12,18-19,24H,4,8-11,13-14H2,(H,21,25)/t18-,19-/m0/s1. The first-order chi connectivity index (χ1) is 12.7. The number of carbonyl (C=O) groups is 1. The van der Waals surface area contributed by atoms with E-state index >= 15 is 0 Å². The predicted octanol–water partition coefficient (Wildman–Crippen LogP) is 2.62. The summed E-state index contributed by atoms with van der Waals surface area (Å²) in [5, 5.41) is 15.5. The third kappa shape index (κ3) is 3.77. The van der Waals surface area contributed by atoms with Gasteiger partial charge in [-0.05, 0) is 29.0 Å². The summed E-state index contributed by atoms with van der Waals surface area (Å²) < 4.78 is 0. The molecule has 0 radical (unpaired) electrons. The number of hydrogen-bond donors (Lipinski definition) is 2. The molecule has 2 heterocycles. The molecule has 2 aromatic rings. The van der Waals surface area contributed by atoms with E-state index in [1.807, 2.05) is 29.2 Å². The highest BCUT2D eigenvalue weighted by Gasteiger charge is 2.33. The minimum Gasteiger partial charge on any atom is -0.390 e. The van der Waals surface area contributed by atoms with Crippen LogP contribution < -0.4 is 5.32 Å². The minimum atomic E-state index is -0.543. The van der Waals surface area contributed by atoms with Crippen LogP contribution in [0.15, 0.2) is 41.8 Å².